The summed E-state index contributed by atoms with van der Waals surface area (Å²) in [6.07, 6.45) is 3.97. The van der Waals surface area contributed by atoms with Crippen LogP contribution < -0.4 is 10.1 Å². The number of anilines is 1. The lowest BCUT2D eigenvalue weighted by Gasteiger charge is -2.08. The molecule has 4 rings (SSSR count). The number of ether oxygens (including phenoxy) is 1. The summed E-state index contributed by atoms with van der Waals surface area (Å²) in [5, 5.41) is 2.82. The highest BCUT2D eigenvalue weighted by Crippen LogP contribution is 2.17. The molecule has 0 saturated carbocycles. The number of carbonyl (C=O) groups excluding carboxylic acids is 2. The number of pyridine rings is 1. The van der Waals surface area contributed by atoms with E-state index in [9.17, 15) is 9.59 Å². The fourth-order valence-corrected chi connectivity index (χ4v) is 3.08. The Morgan fingerprint density at radius 2 is 1.63 bits per heavy atom. The van der Waals surface area contributed by atoms with Crippen LogP contribution in [0.3, 0.4) is 0 Å². The Morgan fingerprint density at radius 3 is 2.33 bits per heavy atom. The van der Waals surface area contributed by atoms with Crippen molar-refractivity contribution in [3.05, 3.63) is 95.4 Å². The molecule has 2 aromatic carbocycles. The zero-order chi connectivity index (χ0) is 21.1. The Kier molecular flexibility index (Phi) is 5.30. The largest absolute Gasteiger partial charge is 0.487 e. The number of nitrogens with one attached hydrogen (secondary N) is 1. The molecule has 30 heavy (non-hydrogen) atoms. The van der Waals surface area contributed by atoms with Crippen molar-refractivity contribution in [2.75, 3.05) is 5.32 Å². The van der Waals surface area contributed by atoms with Gasteiger partial charge in [0.25, 0.3) is 5.91 Å². The SMILES string of the molecule is CC(=O)c1ccc(NC(=O)c2ccc(OCc3cn4cc(C)ccc4n3)cc2)cc1. The van der Waals surface area contributed by atoms with Crippen LogP contribution in [0.1, 0.15) is 38.9 Å². The highest BCUT2D eigenvalue weighted by atomic mass is 16.5. The molecular formula is C24H21N3O3. The number of rotatable bonds is 6. The molecule has 6 nitrogen and oxygen atoms in total. The Bertz CT molecular complexity index is 1210. The molecule has 2 heterocycles. The summed E-state index contributed by atoms with van der Waals surface area (Å²) in [7, 11) is 0. The molecule has 2 aromatic heterocycles. The molecule has 0 spiro atoms. The van der Waals surface area contributed by atoms with E-state index in [0.29, 0.717) is 29.2 Å². The Labute approximate surface area is 174 Å². The summed E-state index contributed by atoms with van der Waals surface area (Å²) >= 11 is 0. The molecule has 0 atom stereocenters. The molecular weight excluding hydrogens is 378 g/mol. The minimum atomic E-state index is -0.229. The zero-order valence-electron chi connectivity index (χ0n) is 16.8. The maximum absolute atomic E-state index is 12.4. The molecule has 0 bridgehead atoms. The van der Waals surface area contributed by atoms with Crippen LogP contribution in [0.2, 0.25) is 0 Å². The first-order chi connectivity index (χ1) is 14.5. The normalized spacial score (nSPS) is 10.7. The van der Waals surface area contributed by atoms with Gasteiger partial charge in [-0.3, -0.25) is 9.59 Å². The average Bonchev–Trinajstić information content (AvgIpc) is 3.15. The lowest BCUT2D eigenvalue weighted by molar-refractivity contribution is 0.101. The smallest absolute Gasteiger partial charge is 0.255 e. The summed E-state index contributed by atoms with van der Waals surface area (Å²) in [5.41, 5.74) is 4.62. The lowest BCUT2D eigenvalue weighted by atomic mass is 10.1. The van der Waals surface area contributed by atoms with E-state index in [4.69, 9.17) is 4.74 Å². The van der Waals surface area contributed by atoms with Gasteiger partial charge in [-0.15, -0.1) is 0 Å². The van der Waals surface area contributed by atoms with Gasteiger partial charge in [0.2, 0.25) is 0 Å². The maximum atomic E-state index is 12.4. The van der Waals surface area contributed by atoms with Gasteiger partial charge in [-0.2, -0.15) is 0 Å². The monoisotopic (exact) mass is 399 g/mol. The van der Waals surface area contributed by atoms with Crippen molar-refractivity contribution in [1.82, 2.24) is 9.38 Å². The number of Topliss-reactive ketones (excluding diaryl/α,β-unsaturated/α-hetero) is 1. The van der Waals surface area contributed by atoms with Gasteiger partial charge in [-0.05, 0) is 74.0 Å². The van der Waals surface area contributed by atoms with E-state index < -0.39 is 0 Å². The summed E-state index contributed by atoms with van der Waals surface area (Å²) in [6.45, 7) is 3.89. The Hall–Kier alpha value is -3.93. The minimum absolute atomic E-state index is 0.0118. The van der Waals surface area contributed by atoms with Crippen molar-refractivity contribution in [2.24, 2.45) is 0 Å². The lowest BCUT2D eigenvalue weighted by Crippen LogP contribution is -2.11. The number of aromatic nitrogens is 2. The van der Waals surface area contributed by atoms with E-state index in [2.05, 4.69) is 10.3 Å². The van der Waals surface area contributed by atoms with Crippen LogP contribution in [0.25, 0.3) is 5.65 Å². The predicted molar refractivity (Wildman–Crippen MR) is 115 cm³/mol. The highest BCUT2D eigenvalue weighted by molar-refractivity contribution is 6.04. The van der Waals surface area contributed by atoms with Crippen LogP contribution >= 0.6 is 0 Å². The predicted octanol–water partition coefficient (Wildman–Crippen LogP) is 4.68. The number of hydrogen-bond acceptors (Lipinski definition) is 4. The van der Waals surface area contributed by atoms with Gasteiger partial charge >= 0.3 is 0 Å². The highest BCUT2D eigenvalue weighted by Gasteiger charge is 2.08. The van der Waals surface area contributed by atoms with Crippen molar-refractivity contribution >= 4 is 23.0 Å². The van der Waals surface area contributed by atoms with Gasteiger partial charge in [0.1, 0.15) is 18.0 Å². The van der Waals surface area contributed by atoms with Crippen LogP contribution in [0.5, 0.6) is 5.75 Å². The molecule has 150 valence electrons. The van der Waals surface area contributed by atoms with Gasteiger partial charge in [0, 0.05) is 29.2 Å². The van der Waals surface area contributed by atoms with Gasteiger partial charge < -0.3 is 14.5 Å². The third-order valence-corrected chi connectivity index (χ3v) is 4.70. The number of benzene rings is 2. The molecule has 0 aliphatic carbocycles. The van der Waals surface area contributed by atoms with Crippen molar-refractivity contribution in [1.29, 1.82) is 0 Å². The summed E-state index contributed by atoms with van der Waals surface area (Å²) in [6, 6.07) is 17.7. The van der Waals surface area contributed by atoms with Gasteiger partial charge in [-0.25, -0.2) is 4.98 Å². The minimum Gasteiger partial charge on any atom is -0.487 e. The second-order valence-electron chi connectivity index (χ2n) is 7.10. The van der Waals surface area contributed by atoms with Crippen molar-refractivity contribution in [3.8, 4) is 5.75 Å². The molecule has 6 heteroatoms. The van der Waals surface area contributed by atoms with Crippen molar-refractivity contribution in [2.45, 2.75) is 20.5 Å². The standard InChI is InChI=1S/C24H21N3O3/c1-16-3-12-23-25-21(14-27(23)13-16)15-30-22-10-6-19(7-11-22)24(29)26-20-8-4-18(5-9-20)17(2)28/h3-14H,15H2,1-2H3,(H,26,29). The van der Waals surface area contributed by atoms with Crippen LogP contribution in [-0.4, -0.2) is 21.1 Å². The summed E-state index contributed by atoms with van der Waals surface area (Å²) in [5.74, 6) is 0.417. The van der Waals surface area contributed by atoms with E-state index in [-0.39, 0.29) is 11.7 Å². The van der Waals surface area contributed by atoms with Crippen molar-refractivity contribution in [3.63, 3.8) is 0 Å². The first-order valence-electron chi connectivity index (χ1n) is 9.57. The third kappa shape index (κ3) is 4.38. The Balaban J connectivity index is 1.36. The van der Waals surface area contributed by atoms with E-state index in [1.807, 2.05) is 35.9 Å². The third-order valence-electron chi connectivity index (χ3n) is 4.70. The first-order valence-corrected chi connectivity index (χ1v) is 9.57. The summed E-state index contributed by atoms with van der Waals surface area (Å²) in [4.78, 5) is 28.3. The number of amides is 1. The van der Waals surface area contributed by atoms with Gasteiger partial charge in [-0.1, -0.05) is 6.07 Å². The quantitative estimate of drug-likeness (QED) is 0.478. The average molecular weight is 399 g/mol. The number of fused-ring (bicyclic) bond motifs is 1. The molecule has 4 aromatic rings. The van der Waals surface area contributed by atoms with E-state index in [1.165, 1.54) is 6.92 Å². The molecule has 1 amide bonds. The molecule has 0 aliphatic rings. The summed E-state index contributed by atoms with van der Waals surface area (Å²) < 4.78 is 7.78. The number of aryl methyl sites for hydroxylation is 1. The number of nitrogens with zero attached hydrogens (tertiary/aromatic N) is 2. The van der Waals surface area contributed by atoms with Gasteiger partial charge in [0.05, 0.1) is 5.69 Å². The molecule has 0 unspecified atom stereocenters. The van der Waals surface area contributed by atoms with Crippen molar-refractivity contribution < 1.29 is 14.3 Å². The maximum Gasteiger partial charge on any atom is 0.255 e. The van der Waals surface area contributed by atoms with Crippen LogP contribution in [-0.2, 0) is 6.61 Å². The van der Waals surface area contributed by atoms with Gasteiger partial charge in [0.15, 0.2) is 5.78 Å². The zero-order valence-corrected chi connectivity index (χ0v) is 16.8. The molecule has 0 aliphatic heterocycles. The van der Waals surface area contributed by atoms with E-state index in [0.717, 1.165) is 16.9 Å². The number of ketones is 1. The number of carbonyl (C=O) groups is 2. The molecule has 1 N–H and O–H groups in total. The fourth-order valence-electron chi connectivity index (χ4n) is 3.08. The van der Waals surface area contributed by atoms with Crippen LogP contribution in [0.15, 0.2) is 73.1 Å². The fraction of sp³-hybridized carbons (Fsp3) is 0.125. The molecule has 0 radical (unpaired) electrons. The van der Waals surface area contributed by atoms with Crippen LogP contribution in [0, 0.1) is 6.92 Å². The second-order valence-corrected chi connectivity index (χ2v) is 7.10. The molecule has 0 fully saturated rings. The van der Waals surface area contributed by atoms with Crippen LogP contribution in [0.4, 0.5) is 5.69 Å². The first kappa shape index (κ1) is 19.4. The second kappa shape index (κ2) is 8.21. The number of hydrogen-bond donors (Lipinski definition) is 1. The molecule has 0 saturated heterocycles. The van der Waals surface area contributed by atoms with E-state index >= 15 is 0 Å². The Morgan fingerprint density at radius 1 is 0.933 bits per heavy atom. The topological polar surface area (TPSA) is 72.7 Å². The number of imidazole rings is 1. The van der Waals surface area contributed by atoms with E-state index in [1.54, 1.807) is 48.5 Å².